The second kappa shape index (κ2) is 22.9. The van der Waals surface area contributed by atoms with Gasteiger partial charge in [-0.1, -0.05) is 84.9 Å². The van der Waals surface area contributed by atoms with Crippen molar-refractivity contribution >= 4 is 72.0 Å². The van der Waals surface area contributed by atoms with E-state index in [-0.39, 0.29) is 73.4 Å². The zero-order valence-corrected chi connectivity index (χ0v) is 48.2. The zero-order chi connectivity index (χ0) is 65.9. The van der Waals surface area contributed by atoms with Crippen molar-refractivity contribution in [3.8, 4) is 102 Å². The molecular formula is C77H33F6N11. The lowest BCUT2D eigenvalue weighted by molar-refractivity contribution is -0.143. The smallest absolute Gasteiger partial charge is 0.309 e. The van der Waals surface area contributed by atoms with Crippen LogP contribution in [-0.2, 0) is 12.4 Å². The number of benzene rings is 11. The molecule has 0 unspecified atom stereocenters. The molecule has 13 aromatic rings. The molecule has 0 spiro atoms. The average Bonchev–Trinajstić information content (AvgIpc) is 1.55. The summed E-state index contributed by atoms with van der Waals surface area (Å²) in [5, 5.41) is 43.6. The molecule has 0 radical (unpaired) electrons. The van der Waals surface area contributed by atoms with E-state index >= 15 is 26.3 Å². The Balaban J connectivity index is 1.13. The summed E-state index contributed by atoms with van der Waals surface area (Å²) in [7, 11) is 0. The number of nitriles is 4. The largest absolute Gasteiger partial charge is 0.416 e. The average molecular weight is 1230 g/mol. The number of halogens is 6. The predicted molar refractivity (Wildman–Crippen MR) is 348 cm³/mol. The molecule has 94 heavy (non-hydrogen) atoms. The highest BCUT2D eigenvalue weighted by molar-refractivity contribution is 6.14. The molecule has 0 N–H and O–H groups in total. The zero-order valence-electron chi connectivity index (χ0n) is 48.2. The van der Waals surface area contributed by atoms with Crippen LogP contribution in [0.25, 0.3) is 146 Å². The van der Waals surface area contributed by atoms with Crippen molar-refractivity contribution < 1.29 is 26.3 Å². The van der Waals surface area contributed by atoms with E-state index in [0.29, 0.717) is 112 Å². The molecule has 0 saturated heterocycles. The lowest BCUT2D eigenvalue weighted by Gasteiger charge is -2.21. The number of nitrogens with zero attached hydrogens (tertiary/aromatic N) is 11. The third-order valence-electron chi connectivity index (χ3n) is 16.6. The van der Waals surface area contributed by atoms with Crippen molar-refractivity contribution in [3.63, 3.8) is 0 Å². The van der Waals surface area contributed by atoms with Crippen LogP contribution in [0.5, 0.6) is 0 Å². The number of aromatic nitrogens is 2. The molecule has 11 aromatic carbocycles. The maximum absolute atomic E-state index is 15.0. The number of hydrogen-bond acceptors (Lipinski definition) is 4. The van der Waals surface area contributed by atoms with Crippen molar-refractivity contribution in [1.82, 2.24) is 9.13 Å². The van der Waals surface area contributed by atoms with Crippen LogP contribution >= 0.6 is 0 Å². The second-order valence-corrected chi connectivity index (χ2v) is 21.8. The first-order valence-electron chi connectivity index (χ1n) is 28.2. The Hall–Kier alpha value is -14.0. The Morgan fingerprint density at radius 2 is 0.713 bits per heavy atom. The minimum Gasteiger partial charge on any atom is -0.309 e. The Morgan fingerprint density at radius 3 is 1.16 bits per heavy atom. The summed E-state index contributed by atoms with van der Waals surface area (Å²) in [6, 6.07) is 60.0. The fraction of sp³-hybridized carbons (Fsp3) is 0.0260. The minimum atomic E-state index is -5.24. The topological polar surface area (TPSA) is 127 Å². The maximum Gasteiger partial charge on any atom is 0.416 e. The van der Waals surface area contributed by atoms with Gasteiger partial charge >= 0.3 is 12.4 Å². The molecule has 17 heteroatoms. The monoisotopic (exact) mass is 1230 g/mol. The lowest BCUT2D eigenvalue weighted by atomic mass is 9.90. The minimum absolute atomic E-state index is 0.0526. The van der Waals surface area contributed by atoms with E-state index in [2.05, 4.69) is 48.5 Å². The Bertz CT molecular complexity index is 5620. The summed E-state index contributed by atoms with van der Waals surface area (Å²) >= 11 is 0. The summed E-state index contributed by atoms with van der Waals surface area (Å²) in [4.78, 5) is 18.0. The summed E-state index contributed by atoms with van der Waals surface area (Å²) in [6.45, 7) is 39.0. The number of alkyl halides is 6. The van der Waals surface area contributed by atoms with Crippen LogP contribution in [-0.4, -0.2) is 9.13 Å². The van der Waals surface area contributed by atoms with Crippen LogP contribution in [0.2, 0.25) is 0 Å². The molecule has 0 fully saturated rings. The molecule has 13 rings (SSSR count). The molecule has 2 heterocycles. The van der Waals surface area contributed by atoms with E-state index in [9.17, 15) is 21.0 Å². The molecule has 2 aromatic heterocycles. The van der Waals surface area contributed by atoms with Crippen LogP contribution < -0.4 is 0 Å². The fourth-order valence-corrected chi connectivity index (χ4v) is 12.3. The van der Waals surface area contributed by atoms with Gasteiger partial charge in [0.2, 0.25) is 0 Å². The Labute approximate surface area is 531 Å². The van der Waals surface area contributed by atoms with Gasteiger partial charge in [0.25, 0.3) is 0 Å². The third kappa shape index (κ3) is 10.1. The summed E-state index contributed by atoms with van der Waals surface area (Å²) < 4.78 is 93.7. The van der Waals surface area contributed by atoms with Gasteiger partial charge in [-0.3, -0.25) is 0 Å². The van der Waals surface area contributed by atoms with Gasteiger partial charge in [-0.05, 0) is 176 Å². The van der Waals surface area contributed by atoms with Gasteiger partial charge in [0, 0.05) is 38.4 Å². The molecule has 0 aliphatic rings. The van der Waals surface area contributed by atoms with Crippen molar-refractivity contribution in [2.75, 3.05) is 0 Å². The first-order valence-corrected chi connectivity index (χ1v) is 28.2. The lowest BCUT2D eigenvalue weighted by Crippen LogP contribution is -2.11. The van der Waals surface area contributed by atoms with E-state index < -0.39 is 29.0 Å². The molecular weight excluding hydrogens is 1190 g/mol. The molecule has 0 aliphatic heterocycles. The highest BCUT2D eigenvalue weighted by Gasteiger charge is 2.38. The van der Waals surface area contributed by atoms with E-state index in [4.69, 9.17) is 32.9 Å². The highest BCUT2D eigenvalue weighted by Crippen LogP contribution is 2.48. The van der Waals surface area contributed by atoms with Gasteiger partial charge < -0.3 is 9.13 Å². The normalized spacial score (nSPS) is 11.2. The summed E-state index contributed by atoms with van der Waals surface area (Å²) in [6.07, 6.45) is -10.5. The molecule has 0 saturated carbocycles. The molecule has 11 nitrogen and oxygen atoms in total. The van der Waals surface area contributed by atoms with E-state index in [1.54, 1.807) is 103 Å². The molecule has 0 amide bonds. The van der Waals surface area contributed by atoms with E-state index in [1.165, 1.54) is 42.5 Å². The van der Waals surface area contributed by atoms with Crippen LogP contribution in [0.15, 0.2) is 200 Å². The Morgan fingerprint density at radius 1 is 0.309 bits per heavy atom. The van der Waals surface area contributed by atoms with Gasteiger partial charge in [-0.2, -0.15) is 47.4 Å². The predicted octanol–water partition coefficient (Wildman–Crippen LogP) is 22.2. The van der Waals surface area contributed by atoms with Gasteiger partial charge in [0.05, 0.1) is 113 Å². The SMILES string of the molecule is [C-]#[N+]c1ccc(-c2ccc3c(c2)c2cc(-c4ccc(C#N)cc4C#N)ccc2n3-c2ccc(C#N)cc2-c2cc(-n3c4ccc(-c5ccc([N+]#[C-])cc5[N+]#[C-])cc4c4cc(-c5ccc([N+]#[C-])cc5[N+]#[C-])ccc43)ccc2-c2cc(C(F)(F)F)cc(C(F)(F)F)c2)c(C#N)c1. The van der Waals surface area contributed by atoms with Crippen LogP contribution in [0.4, 0.5) is 54.8 Å². The van der Waals surface area contributed by atoms with Gasteiger partial charge in [0.15, 0.2) is 28.4 Å². The van der Waals surface area contributed by atoms with E-state index in [1.807, 2.05) is 45.5 Å². The Kier molecular flexibility index (Phi) is 14.4. The van der Waals surface area contributed by atoms with Crippen LogP contribution in [0, 0.1) is 78.2 Å². The summed E-state index contributed by atoms with van der Waals surface area (Å²) in [5.74, 6) is 0. The summed E-state index contributed by atoms with van der Waals surface area (Å²) in [5.41, 5.74) is 5.64. The number of hydrogen-bond donors (Lipinski definition) is 0. The van der Waals surface area contributed by atoms with Gasteiger partial charge in [0.1, 0.15) is 0 Å². The highest BCUT2D eigenvalue weighted by atomic mass is 19.4. The quantitative estimate of drug-likeness (QED) is 0.111. The van der Waals surface area contributed by atoms with Crippen molar-refractivity contribution in [3.05, 3.63) is 291 Å². The van der Waals surface area contributed by atoms with Gasteiger partial charge in [-0.15, -0.1) is 0 Å². The molecule has 0 atom stereocenters. The second-order valence-electron chi connectivity index (χ2n) is 21.8. The number of fused-ring (bicyclic) bond motifs is 6. The van der Waals surface area contributed by atoms with Crippen molar-refractivity contribution in [2.24, 2.45) is 0 Å². The molecule has 0 aliphatic carbocycles. The van der Waals surface area contributed by atoms with Crippen LogP contribution in [0.3, 0.4) is 0 Å². The standard InChI is InChI=1S/C77H33F6N11/c1-88-54-12-17-59(51(30-54)42-87)46-9-25-75-68(32-46)67-31-45(58-16-6-43(39-84)26-50(58)41-86)8-24-74(67)94(75)73-21-7-44(40-85)27-64(73)63-38-57(15-20-60(63)49-28-52(76(78,79)80)35-53(29-49)77(81,82)83)93-71-22-10-47(61-18-13-55(89-2)36-69(61)91-4)33-65(71)66-34-48(11-23-72(66)93)62-19-14-56(90-3)37-70(62)92-5/h6-38H. The fourth-order valence-electron chi connectivity index (χ4n) is 12.3. The number of rotatable bonds is 8. The van der Waals surface area contributed by atoms with E-state index in [0.717, 1.165) is 0 Å². The van der Waals surface area contributed by atoms with Gasteiger partial charge in [-0.25, -0.2) is 24.2 Å². The first kappa shape index (κ1) is 59.0. The van der Waals surface area contributed by atoms with Crippen LogP contribution in [0.1, 0.15) is 33.4 Å². The molecule has 438 valence electrons. The van der Waals surface area contributed by atoms with Crippen molar-refractivity contribution in [1.29, 1.82) is 21.0 Å². The first-order chi connectivity index (χ1) is 45.4. The maximum atomic E-state index is 15.0. The van der Waals surface area contributed by atoms with Crippen molar-refractivity contribution in [2.45, 2.75) is 12.4 Å². The third-order valence-corrected chi connectivity index (χ3v) is 16.6. The molecule has 0 bridgehead atoms.